The maximum atomic E-state index is 14.0. The first kappa shape index (κ1) is 16.1. The second-order valence-corrected chi connectivity index (χ2v) is 5.28. The maximum absolute atomic E-state index is 14.0. The number of hydrogen-bond acceptors (Lipinski definition) is 3. The van der Waals surface area contributed by atoms with Gasteiger partial charge in [-0.3, -0.25) is 9.36 Å². The maximum Gasteiger partial charge on any atom is 0.269 e. The number of halogens is 4. The van der Waals surface area contributed by atoms with Gasteiger partial charge in [-0.1, -0.05) is 0 Å². The third-order valence-electron chi connectivity index (χ3n) is 3.46. The van der Waals surface area contributed by atoms with E-state index < -0.39 is 45.8 Å². The van der Waals surface area contributed by atoms with Gasteiger partial charge in [0, 0.05) is 6.07 Å². The van der Waals surface area contributed by atoms with Gasteiger partial charge in [-0.15, -0.1) is 0 Å². The van der Waals surface area contributed by atoms with Crippen molar-refractivity contribution in [3.63, 3.8) is 0 Å². The highest BCUT2D eigenvalue weighted by Crippen LogP contribution is 2.21. The Balaban J connectivity index is 2.51. The number of fused-ring (bicyclic) bond motifs is 1. The molecular weight excluding hydrogens is 326 g/mol. The molecule has 3 rings (SSSR count). The Hall–Kier alpha value is -2.74. The van der Waals surface area contributed by atoms with Crippen molar-refractivity contribution in [3.8, 4) is 5.69 Å². The molecule has 1 aromatic heterocycles. The average molecular weight is 337 g/mol. The van der Waals surface area contributed by atoms with Crippen LogP contribution in [0.3, 0.4) is 0 Å². The molecule has 0 saturated heterocycles. The molecule has 0 fully saturated rings. The van der Waals surface area contributed by atoms with Crippen LogP contribution < -0.4 is 11.3 Å². The van der Waals surface area contributed by atoms with E-state index in [-0.39, 0.29) is 11.5 Å². The number of nitrogens with zero attached hydrogens (tertiary/aromatic N) is 2. The van der Waals surface area contributed by atoms with Gasteiger partial charge >= 0.3 is 0 Å². The molecule has 0 bridgehead atoms. The quantitative estimate of drug-likeness (QED) is 0.732. The lowest BCUT2D eigenvalue weighted by Crippen LogP contribution is -2.28. The molecule has 1 heterocycles. The van der Waals surface area contributed by atoms with E-state index in [9.17, 15) is 22.4 Å². The Kier molecular flexibility index (Phi) is 3.84. The Morgan fingerprint density at radius 1 is 1.04 bits per heavy atom. The number of benzene rings is 2. The molecule has 0 saturated carbocycles. The van der Waals surface area contributed by atoms with Gasteiger partial charge in [-0.05, 0) is 31.2 Å². The lowest BCUT2D eigenvalue weighted by molar-refractivity contribution is 0.578. The van der Waals surface area contributed by atoms with Gasteiger partial charge in [0.15, 0.2) is 0 Å². The monoisotopic (exact) mass is 337 g/mol. The van der Waals surface area contributed by atoms with Crippen LogP contribution >= 0.6 is 0 Å². The lowest BCUT2D eigenvalue weighted by atomic mass is 10.2. The van der Waals surface area contributed by atoms with Crippen LogP contribution in [0.25, 0.3) is 16.6 Å². The van der Waals surface area contributed by atoms with Crippen LogP contribution in [0.2, 0.25) is 0 Å². The van der Waals surface area contributed by atoms with Crippen molar-refractivity contribution < 1.29 is 17.6 Å². The third-order valence-corrected chi connectivity index (χ3v) is 3.46. The van der Waals surface area contributed by atoms with Crippen molar-refractivity contribution in [2.45, 2.75) is 13.0 Å². The number of aromatic nitrogens is 2. The second kappa shape index (κ2) is 5.72. The fourth-order valence-electron chi connectivity index (χ4n) is 2.46. The zero-order chi connectivity index (χ0) is 17.6. The molecule has 0 unspecified atom stereocenters. The molecule has 3 aromatic rings. The molecule has 4 nitrogen and oxygen atoms in total. The van der Waals surface area contributed by atoms with Crippen molar-refractivity contribution in [3.05, 3.63) is 69.8 Å². The largest absolute Gasteiger partial charge is 0.322 e. The normalized spacial score (nSPS) is 12.6. The summed E-state index contributed by atoms with van der Waals surface area (Å²) in [6, 6.07) is 3.11. The smallest absolute Gasteiger partial charge is 0.269 e. The molecule has 2 aromatic carbocycles. The SMILES string of the molecule is C[C@H](N)c1nc2c(F)ccc(F)c2c(=O)n1-c1cc(F)cc(F)c1. The summed E-state index contributed by atoms with van der Waals surface area (Å²) in [7, 11) is 0. The van der Waals surface area contributed by atoms with Crippen LogP contribution in [-0.4, -0.2) is 9.55 Å². The average Bonchev–Trinajstić information content (AvgIpc) is 2.49. The van der Waals surface area contributed by atoms with Crippen LogP contribution in [0.4, 0.5) is 17.6 Å². The zero-order valence-electron chi connectivity index (χ0n) is 12.4. The van der Waals surface area contributed by atoms with Gasteiger partial charge in [0.2, 0.25) is 0 Å². The molecular formula is C16H11F4N3O. The summed E-state index contributed by atoms with van der Waals surface area (Å²) in [4.78, 5) is 16.6. The van der Waals surface area contributed by atoms with E-state index in [2.05, 4.69) is 4.98 Å². The Morgan fingerprint density at radius 3 is 2.21 bits per heavy atom. The molecule has 24 heavy (non-hydrogen) atoms. The van der Waals surface area contributed by atoms with Crippen molar-refractivity contribution in [2.24, 2.45) is 5.73 Å². The first-order chi connectivity index (χ1) is 11.3. The number of rotatable bonds is 2. The summed E-state index contributed by atoms with van der Waals surface area (Å²) in [5.41, 5.74) is 4.04. The van der Waals surface area contributed by atoms with Gasteiger partial charge in [-0.25, -0.2) is 22.5 Å². The molecule has 0 aliphatic carbocycles. The standard InChI is InChI=1S/C16H11F4N3O/c1-7(21)15-22-14-12(20)3-2-11(19)13(14)16(24)23(15)10-5-8(17)4-9(18)6-10/h2-7H,21H2,1H3/t7-/m0/s1. The molecule has 0 amide bonds. The second-order valence-electron chi connectivity index (χ2n) is 5.28. The van der Waals surface area contributed by atoms with Crippen molar-refractivity contribution >= 4 is 10.9 Å². The van der Waals surface area contributed by atoms with Crippen LogP contribution in [0.5, 0.6) is 0 Å². The van der Waals surface area contributed by atoms with E-state index in [0.717, 1.165) is 28.8 Å². The summed E-state index contributed by atoms with van der Waals surface area (Å²) < 4.78 is 55.7. The fourth-order valence-corrected chi connectivity index (χ4v) is 2.46. The first-order valence-electron chi connectivity index (χ1n) is 6.92. The van der Waals surface area contributed by atoms with Gasteiger partial charge in [-0.2, -0.15) is 0 Å². The number of nitrogens with two attached hydrogens (primary N) is 1. The van der Waals surface area contributed by atoms with Gasteiger partial charge in [0.25, 0.3) is 5.56 Å². The van der Waals surface area contributed by atoms with E-state index >= 15 is 0 Å². The summed E-state index contributed by atoms with van der Waals surface area (Å²) in [6.45, 7) is 1.46. The third kappa shape index (κ3) is 2.54. The molecule has 1 atom stereocenters. The Bertz CT molecular complexity index is 994. The topological polar surface area (TPSA) is 60.9 Å². The van der Waals surface area contributed by atoms with Crippen molar-refractivity contribution in [1.29, 1.82) is 0 Å². The van der Waals surface area contributed by atoms with Crippen LogP contribution in [-0.2, 0) is 0 Å². The minimum Gasteiger partial charge on any atom is -0.322 e. The van der Waals surface area contributed by atoms with Crippen molar-refractivity contribution in [1.82, 2.24) is 9.55 Å². The van der Waals surface area contributed by atoms with E-state index in [1.165, 1.54) is 6.92 Å². The minimum absolute atomic E-state index is 0.151. The molecule has 0 aliphatic heterocycles. The zero-order valence-corrected chi connectivity index (χ0v) is 12.4. The molecule has 2 N–H and O–H groups in total. The highest BCUT2D eigenvalue weighted by atomic mass is 19.1. The summed E-state index contributed by atoms with van der Waals surface area (Å²) in [6.07, 6.45) is 0. The highest BCUT2D eigenvalue weighted by Gasteiger charge is 2.20. The summed E-state index contributed by atoms with van der Waals surface area (Å²) in [5.74, 6) is -3.92. The summed E-state index contributed by atoms with van der Waals surface area (Å²) >= 11 is 0. The van der Waals surface area contributed by atoms with E-state index in [4.69, 9.17) is 5.73 Å². The molecule has 0 radical (unpaired) electrons. The fraction of sp³-hybridized carbons (Fsp3) is 0.125. The lowest BCUT2D eigenvalue weighted by Gasteiger charge is -2.16. The Morgan fingerprint density at radius 2 is 1.62 bits per heavy atom. The number of hydrogen-bond donors (Lipinski definition) is 1. The van der Waals surface area contributed by atoms with Gasteiger partial charge in [0.1, 0.15) is 40.0 Å². The predicted molar refractivity (Wildman–Crippen MR) is 79.8 cm³/mol. The van der Waals surface area contributed by atoms with Gasteiger partial charge in [0.05, 0.1) is 11.7 Å². The Labute approximate surface area is 133 Å². The van der Waals surface area contributed by atoms with Gasteiger partial charge < -0.3 is 5.73 Å². The van der Waals surface area contributed by atoms with Crippen LogP contribution in [0, 0.1) is 23.3 Å². The highest BCUT2D eigenvalue weighted by molar-refractivity contribution is 5.79. The molecule has 0 spiro atoms. The predicted octanol–water partition coefficient (Wildman–Crippen LogP) is 2.96. The van der Waals surface area contributed by atoms with E-state index in [0.29, 0.717) is 6.07 Å². The minimum atomic E-state index is -1.01. The first-order valence-corrected chi connectivity index (χ1v) is 6.92. The van der Waals surface area contributed by atoms with E-state index in [1.807, 2.05) is 0 Å². The summed E-state index contributed by atoms with van der Waals surface area (Å²) in [5, 5.41) is -0.621. The van der Waals surface area contributed by atoms with E-state index in [1.54, 1.807) is 0 Å². The molecule has 0 aliphatic rings. The van der Waals surface area contributed by atoms with Crippen molar-refractivity contribution in [2.75, 3.05) is 0 Å². The van der Waals surface area contributed by atoms with Crippen LogP contribution in [0.1, 0.15) is 18.8 Å². The molecule has 8 heteroatoms. The van der Waals surface area contributed by atoms with Crippen LogP contribution in [0.15, 0.2) is 35.1 Å². The molecule has 124 valence electrons.